The second kappa shape index (κ2) is 37.0. The molecule has 117 heavy (non-hydrogen) atoms. The predicted octanol–water partition coefficient (Wildman–Crippen LogP) is 11.0. The minimum Gasteiger partial charge on any atom is -0.481 e. The van der Waals surface area contributed by atoms with Gasteiger partial charge in [-0.15, -0.1) is 0 Å². The van der Waals surface area contributed by atoms with Gasteiger partial charge in [-0.1, -0.05) is 6.07 Å². The third kappa shape index (κ3) is 20.3. The summed E-state index contributed by atoms with van der Waals surface area (Å²) in [6.07, 6.45) is 6.61. The Kier molecular flexibility index (Phi) is 27.7. The number of rotatable bonds is 17. The van der Waals surface area contributed by atoms with Crippen molar-refractivity contribution in [2.75, 3.05) is 121 Å². The molecule has 3 saturated heterocycles. The van der Waals surface area contributed by atoms with Crippen molar-refractivity contribution in [2.45, 2.75) is 183 Å². The van der Waals surface area contributed by atoms with Crippen LogP contribution in [0.5, 0.6) is 17.6 Å². The lowest BCUT2D eigenvalue weighted by molar-refractivity contribution is -0.146. The number of methoxy groups -OCH3 is 6. The molecule has 0 radical (unpaired) electrons. The number of aliphatic hydroxyl groups is 2. The molecule has 33 heteroatoms. The van der Waals surface area contributed by atoms with Crippen LogP contribution in [0.15, 0.2) is 91.8 Å². The van der Waals surface area contributed by atoms with Crippen LogP contribution in [0.2, 0.25) is 0 Å². The monoisotopic (exact) mass is 1640 g/mol. The van der Waals surface area contributed by atoms with Crippen molar-refractivity contribution in [1.29, 1.82) is 0 Å². The summed E-state index contributed by atoms with van der Waals surface area (Å²) in [6, 6.07) is 15.1. The molecule has 24 nitrogen and oxygen atoms in total. The summed E-state index contributed by atoms with van der Waals surface area (Å²) in [6.45, 7) is 6.59. The first-order valence-electron chi connectivity index (χ1n) is 39.9. The molecule has 3 aliphatic carbocycles. The predicted molar refractivity (Wildman–Crippen MR) is 409 cm³/mol. The largest absolute Gasteiger partial charge is 0.481 e. The maximum Gasteiger partial charge on any atom is 0.417 e. The number of amides is 3. The Labute approximate surface area is 674 Å². The Morgan fingerprint density at radius 1 is 0.444 bits per heavy atom. The highest BCUT2D eigenvalue weighted by Crippen LogP contribution is 2.46. The molecule has 0 aromatic carbocycles. The lowest BCUT2D eigenvalue weighted by Crippen LogP contribution is -2.50. The number of carbonyl (C=O) groups is 4. The summed E-state index contributed by atoms with van der Waals surface area (Å²) < 4.78 is 150. The van der Waals surface area contributed by atoms with Gasteiger partial charge in [-0.05, 0) is 162 Å². The van der Waals surface area contributed by atoms with Crippen molar-refractivity contribution < 1.29 is 97.3 Å². The molecule has 636 valence electrons. The standard InChI is InChI=1S/C28H35F3N4O4.C28H35F3N4O3.C16H20F3N3O2.C12H15NO3/c1-38-18-26(25(36)34-11-7-23-19(16-34)13-21(15-32-23)28(29,30)31)10-12-35(17-26)22-5-8-27(37,9-6-22)20-3-4-24(39-2)33-14-20;1-37-18-27(26(36)34-11-9-24-21(16-34)13-22(15-32-24)28(29,30)31)10-12-35(17-27)23-6-3-19(4-7-23)20-5-8-25(38-2)33-14-20;1-24-10-15(3-4-20-9-15)14(23)22-5-2-13-11(8-22)6-12(7-21-13)16(17,18)19;1-16-11-3-2-9(8-13-11)12(15)6-4-10(14)5-7-12/h3-4,13-15,22,37H,5-12,16-18H2,1-2H3;5,8,13-15,19,23H,3-4,6-7,9-12,16-18H2,1-2H3;6-7,20H,2-5,8-10H2,1H3;2-3,8,15H,4-7H2,1H3. The summed E-state index contributed by atoms with van der Waals surface area (Å²) in [4.78, 5) is 86.3. The average molecular weight is 1650 g/mol. The van der Waals surface area contributed by atoms with Crippen LogP contribution in [-0.2, 0) is 102 Å². The Morgan fingerprint density at radius 2 is 0.821 bits per heavy atom. The summed E-state index contributed by atoms with van der Waals surface area (Å²) in [5.41, 5.74) is -0.167. The zero-order valence-corrected chi connectivity index (χ0v) is 67.0. The van der Waals surface area contributed by atoms with Gasteiger partial charge >= 0.3 is 18.5 Å². The molecule has 6 aromatic heterocycles. The van der Waals surface area contributed by atoms with E-state index in [1.807, 2.05) is 24.4 Å². The van der Waals surface area contributed by atoms with Gasteiger partial charge in [0.1, 0.15) is 5.78 Å². The van der Waals surface area contributed by atoms with Crippen LogP contribution in [-0.4, -0.2) is 222 Å². The molecule has 0 bridgehead atoms. The fourth-order valence-corrected chi connectivity index (χ4v) is 18.4. The highest BCUT2D eigenvalue weighted by atomic mass is 19.4. The third-order valence-electron chi connectivity index (χ3n) is 25.1. The molecule has 6 aliphatic heterocycles. The average Bonchev–Trinajstić information content (AvgIpc) is 1.65. The first-order chi connectivity index (χ1) is 55.8. The van der Waals surface area contributed by atoms with E-state index in [4.69, 9.17) is 28.4 Å². The second-order valence-electron chi connectivity index (χ2n) is 32.6. The number of aromatic nitrogens is 6. The molecule has 3 unspecified atom stereocenters. The van der Waals surface area contributed by atoms with E-state index in [2.05, 4.69) is 51.1 Å². The summed E-state index contributed by atoms with van der Waals surface area (Å²) in [5.74, 6) is 2.19. The van der Waals surface area contributed by atoms with Crippen molar-refractivity contribution >= 4 is 23.5 Å². The molecule has 3 N–H and O–H groups in total. The van der Waals surface area contributed by atoms with Gasteiger partial charge in [0.15, 0.2) is 0 Å². The lowest BCUT2D eigenvalue weighted by Gasteiger charge is -2.41. The van der Waals surface area contributed by atoms with Crippen LogP contribution in [0.25, 0.3) is 0 Å². The number of nitrogens with one attached hydrogen (secondary N) is 1. The van der Waals surface area contributed by atoms with Gasteiger partial charge in [-0.25, -0.2) is 15.0 Å². The summed E-state index contributed by atoms with van der Waals surface area (Å²) >= 11 is 0. The summed E-state index contributed by atoms with van der Waals surface area (Å²) in [5, 5.41) is 24.9. The number of nitrogens with zero attached hydrogens (tertiary/aromatic N) is 11. The molecule has 3 saturated carbocycles. The quantitative estimate of drug-likeness (QED) is 0.0716. The summed E-state index contributed by atoms with van der Waals surface area (Å²) in [7, 11) is 9.46. The number of fused-ring (bicyclic) bond motifs is 3. The van der Waals surface area contributed by atoms with Crippen LogP contribution in [0.4, 0.5) is 39.5 Å². The van der Waals surface area contributed by atoms with E-state index < -0.39 is 62.7 Å². The maximum atomic E-state index is 13.9. The van der Waals surface area contributed by atoms with Crippen LogP contribution >= 0.6 is 0 Å². The van der Waals surface area contributed by atoms with Crippen molar-refractivity contribution in [3.05, 3.63) is 159 Å². The highest BCUT2D eigenvalue weighted by molar-refractivity contribution is 5.85. The van der Waals surface area contributed by atoms with Crippen molar-refractivity contribution in [2.24, 2.45) is 16.2 Å². The zero-order valence-electron chi connectivity index (χ0n) is 67.0. The number of hydrogen-bond donors (Lipinski definition) is 3. The number of likely N-dealkylation sites (tertiary alicyclic amines) is 2. The molecule has 3 atom stereocenters. The number of Topliss-reactive ketones (excluding diaryl/α,β-unsaturated/α-hetero) is 1. The van der Waals surface area contributed by atoms with E-state index in [1.165, 1.54) is 5.56 Å². The van der Waals surface area contributed by atoms with E-state index in [-0.39, 0.29) is 55.8 Å². The number of ether oxygens (including phenoxy) is 6. The number of hydrogen-bond acceptors (Lipinski definition) is 21. The van der Waals surface area contributed by atoms with E-state index in [9.17, 15) is 68.9 Å². The van der Waals surface area contributed by atoms with Crippen LogP contribution < -0.4 is 19.5 Å². The highest BCUT2D eigenvalue weighted by Gasteiger charge is 2.53. The Morgan fingerprint density at radius 3 is 1.17 bits per heavy atom. The van der Waals surface area contributed by atoms with Crippen LogP contribution in [0.3, 0.4) is 0 Å². The van der Waals surface area contributed by atoms with Crippen LogP contribution in [0, 0.1) is 16.2 Å². The van der Waals surface area contributed by atoms with Crippen molar-refractivity contribution in [1.82, 2.24) is 59.7 Å². The smallest absolute Gasteiger partial charge is 0.417 e. The number of halogens is 9. The Bertz CT molecular complexity index is 4380. The van der Waals surface area contributed by atoms with Gasteiger partial charge in [0.25, 0.3) is 0 Å². The van der Waals surface area contributed by atoms with Gasteiger partial charge in [-0.3, -0.25) is 43.9 Å². The molecular weight excluding hydrogens is 1540 g/mol. The topological polar surface area (TPSA) is 270 Å². The van der Waals surface area contributed by atoms with Crippen molar-refractivity contribution in [3.8, 4) is 17.6 Å². The maximum absolute atomic E-state index is 13.9. The molecule has 9 aliphatic rings. The number of ketones is 1. The van der Waals surface area contributed by atoms with Gasteiger partial charge < -0.3 is 58.7 Å². The number of carbonyl (C=O) groups excluding carboxylic acids is 4. The SMILES string of the molecule is COCC1(C(=O)N2CCc3ncc(C(F)(F)F)cc3C2)CCN(C2CCC(O)(c3ccc(OC)nc3)CC2)C1.COCC1(C(=O)N2CCc3ncc(C(F)(F)F)cc3C2)CCN(C2CCC(c3ccc(OC)nc3)CC2)C1.COCC1(C(=O)N2CCc3ncc(C(F)(F)F)cc3C2)CCNC1.COc1ccc(C2(O)CCC(=O)CC2)cn1. The molecule has 12 heterocycles. The lowest BCUT2D eigenvalue weighted by atomic mass is 9.77. The van der Waals surface area contributed by atoms with Crippen LogP contribution in [0.1, 0.15) is 169 Å². The van der Waals surface area contributed by atoms with Gasteiger partial charge in [0.2, 0.25) is 35.4 Å². The van der Waals surface area contributed by atoms with E-state index in [0.717, 1.165) is 106 Å². The fourth-order valence-electron chi connectivity index (χ4n) is 18.4. The first kappa shape index (κ1) is 87.7. The van der Waals surface area contributed by atoms with Gasteiger partial charge in [0, 0.05) is 208 Å². The molecule has 6 aromatic rings. The minimum absolute atomic E-state index is 0.0251. The first-order valence-corrected chi connectivity index (χ1v) is 39.9. The number of alkyl halides is 9. The normalized spacial score (nSPS) is 25.4. The number of pyridine rings is 6. The fraction of sp³-hybridized carbons (Fsp3) is 0.595. The molecule has 15 rings (SSSR count). The Hall–Kier alpha value is -8.57. The second-order valence-corrected chi connectivity index (χ2v) is 32.6. The van der Waals surface area contributed by atoms with Gasteiger partial charge in [0.05, 0.1) is 85.3 Å². The van der Waals surface area contributed by atoms with E-state index in [1.54, 1.807) is 81.9 Å². The third-order valence-corrected chi connectivity index (χ3v) is 25.1. The Balaban J connectivity index is 0.000000151. The van der Waals surface area contributed by atoms with E-state index in [0.29, 0.717) is 193 Å². The van der Waals surface area contributed by atoms with Crippen molar-refractivity contribution in [3.63, 3.8) is 0 Å². The van der Waals surface area contributed by atoms with E-state index >= 15 is 0 Å². The molecule has 6 fully saturated rings. The van der Waals surface area contributed by atoms with Gasteiger partial charge in [-0.2, -0.15) is 39.5 Å². The zero-order chi connectivity index (χ0) is 83.7. The molecule has 3 amide bonds. The molecule has 0 spiro atoms. The minimum atomic E-state index is -4.48. The molecular formula is C84H105F9N12O12.